The molecule has 0 unspecified atom stereocenters. The number of likely N-dealkylation sites (tertiary alicyclic amines) is 1. The van der Waals surface area contributed by atoms with E-state index in [9.17, 15) is 9.59 Å². The van der Waals surface area contributed by atoms with Crippen molar-refractivity contribution < 1.29 is 9.59 Å². The van der Waals surface area contributed by atoms with E-state index < -0.39 is 0 Å². The van der Waals surface area contributed by atoms with Gasteiger partial charge in [0.1, 0.15) is 0 Å². The number of nitrogens with zero attached hydrogens (tertiary/aromatic N) is 1. The molecule has 1 saturated heterocycles. The molecular weight excluding hydrogens is 350 g/mol. The molecule has 2 fully saturated rings. The van der Waals surface area contributed by atoms with E-state index in [0.717, 1.165) is 19.4 Å². The van der Waals surface area contributed by atoms with Gasteiger partial charge in [0, 0.05) is 24.8 Å². The summed E-state index contributed by atoms with van der Waals surface area (Å²) in [6.07, 6.45) is 5.87. The summed E-state index contributed by atoms with van der Waals surface area (Å²) in [6, 6.07) is 5.38. The van der Waals surface area contributed by atoms with Crippen LogP contribution in [0.4, 0.5) is 10.5 Å². The molecule has 1 heterocycles. The van der Waals surface area contributed by atoms with Crippen LogP contribution in [0, 0.1) is 11.8 Å². The minimum Gasteiger partial charge on any atom is -0.352 e. The van der Waals surface area contributed by atoms with Crippen molar-refractivity contribution in [1.29, 1.82) is 0 Å². The molecule has 0 spiro atoms. The van der Waals surface area contributed by atoms with E-state index >= 15 is 0 Å². The van der Waals surface area contributed by atoms with Crippen LogP contribution in [0.25, 0.3) is 0 Å². The van der Waals surface area contributed by atoms with Gasteiger partial charge in [0.15, 0.2) is 0 Å². The lowest BCUT2D eigenvalue weighted by Crippen LogP contribution is -2.48. The second kappa shape index (κ2) is 8.30. The number of fused-ring (bicyclic) bond motifs is 1. The summed E-state index contributed by atoms with van der Waals surface area (Å²) in [5.74, 6) is 0.844. The first kappa shape index (κ1) is 19.0. The second-order valence-electron chi connectivity index (χ2n) is 7.82. The van der Waals surface area contributed by atoms with Gasteiger partial charge in [-0.05, 0) is 55.7 Å². The fourth-order valence-corrected chi connectivity index (χ4v) is 4.34. The van der Waals surface area contributed by atoms with Gasteiger partial charge in [0.2, 0.25) is 0 Å². The molecule has 1 aliphatic heterocycles. The minimum atomic E-state index is -0.189. The fraction of sp³-hybridized carbons (Fsp3) is 0.600. The Morgan fingerprint density at radius 3 is 2.73 bits per heavy atom. The molecule has 0 bridgehead atoms. The summed E-state index contributed by atoms with van der Waals surface area (Å²) in [4.78, 5) is 26.9. The highest BCUT2D eigenvalue weighted by Gasteiger charge is 2.37. The van der Waals surface area contributed by atoms with E-state index in [2.05, 4.69) is 10.6 Å². The third-order valence-electron chi connectivity index (χ3n) is 5.39. The highest BCUT2D eigenvalue weighted by atomic mass is 35.5. The Labute approximate surface area is 160 Å². The zero-order valence-electron chi connectivity index (χ0n) is 15.6. The maximum Gasteiger partial charge on any atom is 0.322 e. The number of anilines is 1. The highest BCUT2D eigenvalue weighted by molar-refractivity contribution is 6.34. The number of urea groups is 1. The normalized spacial score (nSPS) is 22.2. The Hall–Kier alpha value is -1.75. The first-order chi connectivity index (χ1) is 12.5. The largest absolute Gasteiger partial charge is 0.352 e. The average molecular weight is 378 g/mol. The predicted molar refractivity (Wildman–Crippen MR) is 105 cm³/mol. The molecule has 3 amide bonds. The predicted octanol–water partition coefficient (Wildman–Crippen LogP) is 4.52. The maximum atomic E-state index is 12.7. The average Bonchev–Trinajstić information content (AvgIpc) is 3.08. The molecule has 0 aromatic heterocycles. The molecule has 6 heteroatoms. The summed E-state index contributed by atoms with van der Waals surface area (Å²) >= 11 is 6.27. The third-order valence-corrected chi connectivity index (χ3v) is 5.70. The lowest BCUT2D eigenvalue weighted by molar-refractivity contribution is 0.0949. The molecule has 2 N–H and O–H groups in total. The molecule has 3 rings (SSSR count). The molecular formula is C20H28ClN3O2. The van der Waals surface area contributed by atoms with E-state index in [1.165, 1.54) is 19.3 Å². The van der Waals surface area contributed by atoms with E-state index in [0.29, 0.717) is 40.7 Å². The van der Waals surface area contributed by atoms with Crippen LogP contribution < -0.4 is 10.6 Å². The zero-order valence-corrected chi connectivity index (χ0v) is 16.3. The molecule has 2 atom stereocenters. The van der Waals surface area contributed by atoms with E-state index in [-0.39, 0.29) is 11.9 Å². The summed E-state index contributed by atoms with van der Waals surface area (Å²) in [6.45, 7) is 5.49. The first-order valence-electron chi connectivity index (χ1n) is 9.61. The number of rotatable bonds is 4. The van der Waals surface area contributed by atoms with E-state index in [1.54, 1.807) is 18.2 Å². The monoisotopic (exact) mass is 377 g/mol. The van der Waals surface area contributed by atoms with Gasteiger partial charge in [0.25, 0.3) is 5.91 Å². The number of hydrogen-bond donors (Lipinski definition) is 2. The number of benzene rings is 1. The molecule has 1 aromatic rings. The van der Waals surface area contributed by atoms with Crippen molar-refractivity contribution >= 4 is 29.2 Å². The van der Waals surface area contributed by atoms with Gasteiger partial charge in [-0.15, -0.1) is 0 Å². The van der Waals surface area contributed by atoms with Crippen LogP contribution >= 0.6 is 11.6 Å². The van der Waals surface area contributed by atoms with E-state index in [1.807, 2.05) is 18.7 Å². The Kier molecular flexibility index (Phi) is 6.07. The number of amides is 3. The van der Waals surface area contributed by atoms with Crippen molar-refractivity contribution in [3.05, 3.63) is 28.8 Å². The number of carbonyl (C=O) groups excluding carboxylic acids is 2. The van der Waals surface area contributed by atoms with E-state index in [4.69, 9.17) is 11.6 Å². The molecule has 1 aromatic carbocycles. The van der Waals surface area contributed by atoms with Crippen LogP contribution in [0.1, 0.15) is 56.3 Å². The van der Waals surface area contributed by atoms with Crippen LogP contribution in [0.3, 0.4) is 0 Å². The smallest absolute Gasteiger partial charge is 0.322 e. The standard InChI is InChI=1S/C20H28ClN3O2/c1-13(2)12-22-19(25)16-9-8-15(11-17(16)21)23-20(26)24-10-4-6-14-5-3-7-18(14)24/h8-9,11,13-14,18H,3-7,10,12H2,1-2H3,(H,22,25)(H,23,26)/t14-,18-/m1/s1. The van der Waals surface area contributed by atoms with Crippen molar-refractivity contribution in [1.82, 2.24) is 10.2 Å². The number of piperidine rings is 1. The first-order valence-corrected chi connectivity index (χ1v) is 9.99. The van der Waals surface area contributed by atoms with Crippen LogP contribution in [-0.2, 0) is 0 Å². The maximum absolute atomic E-state index is 12.7. The zero-order chi connectivity index (χ0) is 18.7. The Morgan fingerprint density at radius 2 is 2.00 bits per heavy atom. The van der Waals surface area contributed by atoms with Gasteiger partial charge < -0.3 is 15.5 Å². The Morgan fingerprint density at radius 1 is 1.23 bits per heavy atom. The molecule has 1 saturated carbocycles. The summed E-state index contributed by atoms with van der Waals surface area (Å²) in [5, 5.41) is 6.16. The molecule has 0 radical (unpaired) electrons. The lowest BCUT2D eigenvalue weighted by atomic mass is 9.92. The van der Waals surface area contributed by atoms with Gasteiger partial charge in [-0.25, -0.2) is 4.79 Å². The Bertz CT molecular complexity index is 677. The van der Waals surface area contributed by atoms with Gasteiger partial charge in [0.05, 0.1) is 10.6 Å². The Balaban J connectivity index is 1.64. The fourth-order valence-electron chi connectivity index (χ4n) is 4.07. The summed E-state index contributed by atoms with van der Waals surface area (Å²) in [5.41, 5.74) is 1.06. The minimum absolute atomic E-state index is 0.0605. The van der Waals surface area contributed by atoms with Crippen LogP contribution in [0.5, 0.6) is 0 Å². The number of halogens is 1. The number of nitrogens with one attached hydrogen (secondary N) is 2. The number of hydrogen-bond acceptors (Lipinski definition) is 2. The van der Waals surface area contributed by atoms with Gasteiger partial charge in [-0.1, -0.05) is 31.9 Å². The second-order valence-corrected chi connectivity index (χ2v) is 8.23. The summed E-state index contributed by atoms with van der Waals surface area (Å²) in [7, 11) is 0. The van der Waals surface area contributed by atoms with Crippen molar-refractivity contribution in [3.63, 3.8) is 0 Å². The molecule has 142 valence electrons. The molecule has 1 aliphatic carbocycles. The topological polar surface area (TPSA) is 61.4 Å². The SMILES string of the molecule is CC(C)CNC(=O)c1ccc(NC(=O)N2CCC[C@H]3CCC[C@H]32)cc1Cl. The van der Waals surface area contributed by atoms with Gasteiger partial charge >= 0.3 is 6.03 Å². The number of carbonyl (C=O) groups is 2. The summed E-state index contributed by atoms with van der Waals surface area (Å²) < 4.78 is 0. The highest BCUT2D eigenvalue weighted by Crippen LogP contribution is 2.37. The van der Waals surface area contributed by atoms with Crippen molar-refractivity contribution in [2.45, 2.75) is 52.0 Å². The van der Waals surface area contributed by atoms with Crippen molar-refractivity contribution in [2.75, 3.05) is 18.4 Å². The molecule has 26 heavy (non-hydrogen) atoms. The van der Waals surface area contributed by atoms with Crippen LogP contribution in [0.2, 0.25) is 5.02 Å². The van der Waals surface area contributed by atoms with Gasteiger partial charge in [-0.3, -0.25) is 4.79 Å². The third kappa shape index (κ3) is 4.32. The van der Waals surface area contributed by atoms with Crippen molar-refractivity contribution in [3.8, 4) is 0 Å². The van der Waals surface area contributed by atoms with Crippen molar-refractivity contribution in [2.24, 2.45) is 11.8 Å². The molecule has 5 nitrogen and oxygen atoms in total. The van der Waals surface area contributed by atoms with Crippen LogP contribution in [0.15, 0.2) is 18.2 Å². The molecule has 2 aliphatic rings. The quantitative estimate of drug-likeness (QED) is 0.810. The lowest BCUT2D eigenvalue weighted by Gasteiger charge is -2.37. The van der Waals surface area contributed by atoms with Gasteiger partial charge in [-0.2, -0.15) is 0 Å². The van der Waals surface area contributed by atoms with Crippen LogP contribution in [-0.4, -0.2) is 36.0 Å².